The second-order valence-electron chi connectivity index (χ2n) is 12.5. The zero-order chi connectivity index (χ0) is 28.8. The molecule has 0 radical (unpaired) electrons. The first kappa shape index (κ1) is 26.6. The van der Waals surface area contributed by atoms with E-state index >= 15 is 0 Å². The third-order valence-electron chi connectivity index (χ3n) is 9.05. The van der Waals surface area contributed by atoms with Gasteiger partial charge in [-0.05, 0) is 77.1 Å². The summed E-state index contributed by atoms with van der Waals surface area (Å²) in [5, 5.41) is 2.11. The van der Waals surface area contributed by atoms with Crippen LogP contribution in [0.15, 0.2) is 95.5 Å². The SMILES string of the molecule is CC(C)c1cccc(-c2cnc(-c3cccc4c3oc3nc(C(C)C)ccc34)c(-c3ccc(C4CCCC4)cc3)c2)c1. The van der Waals surface area contributed by atoms with Crippen molar-refractivity contribution in [2.45, 2.75) is 71.1 Å². The van der Waals surface area contributed by atoms with Gasteiger partial charge in [0.2, 0.25) is 5.71 Å². The van der Waals surface area contributed by atoms with E-state index in [4.69, 9.17) is 14.4 Å². The molecule has 1 aliphatic rings. The number of hydrogen-bond acceptors (Lipinski definition) is 3. The summed E-state index contributed by atoms with van der Waals surface area (Å²) in [5.74, 6) is 1.49. The van der Waals surface area contributed by atoms with Gasteiger partial charge in [-0.15, -0.1) is 0 Å². The Kier molecular flexibility index (Phi) is 6.90. The molecule has 210 valence electrons. The van der Waals surface area contributed by atoms with E-state index < -0.39 is 0 Å². The number of benzene rings is 3. The molecule has 0 spiro atoms. The van der Waals surface area contributed by atoms with Crippen LogP contribution in [0.5, 0.6) is 0 Å². The molecule has 1 aliphatic carbocycles. The van der Waals surface area contributed by atoms with Gasteiger partial charge in [0.1, 0.15) is 5.58 Å². The van der Waals surface area contributed by atoms with Gasteiger partial charge in [0.05, 0.1) is 5.69 Å². The van der Waals surface area contributed by atoms with Crippen molar-refractivity contribution in [1.29, 1.82) is 0 Å². The number of fused-ring (bicyclic) bond motifs is 3. The Morgan fingerprint density at radius 2 is 1.48 bits per heavy atom. The van der Waals surface area contributed by atoms with Crippen LogP contribution in [0.1, 0.15) is 88.0 Å². The molecule has 0 saturated heterocycles. The fourth-order valence-electron chi connectivity index (χ4n) is 6.53. The second-order valence-corrected chi connectivity index (χ2v) is 12.5. The summed E-state index contributed by atoms with van der Waals surface area (Å²) in [4.78, 5) is 10.0. The molecule has 6 aromatic rings. The standard InChI is InChI=1S/C39H38N2O/c1-24(2)29-11-7-12-30(21-29)31-22-35(28-17-15-27(16-18-28)26-9-5-6-10-26)37(40-23-31)34-14-8-13-32-33-19-20-36(25(3)4)41-39(33)42-38(32)34/h7-8,11-26H,5-6,9-10H2,1-4H3. The predicted octanol–water partition coefficient (Wildman–Crippen LogP) is 11.3. The highest BCUT2D eigenvalue weighted by Gasteiger charge is 2.20. The van der Waals surface area contributed by atoms with Crippen molar-refractivity contribution in [2.24, 2.45) is 0 Å². The number of nitrogens with zero attached hydrogens (tertiary/aromatic N) is 2. The zero-order valence-corrected chi connectivity index (χ0v) is 25.0. The number of para-hydroxylation sites is 1. The van der Waals surface area contributed by atoms with Crippen LogP contribution in [-0.2, 0) is 0 Å². The quantitative estimate of drug-likeness (QED) is 0.207. The number of hydrogen-bond donors (Lipinski definition) is 0. The molecule has 7 rings (SSSR count). The van der Waals surface area contributed by atoms with Gasteiger partial charge in [-0.3, -0.25) is 4.98 Å². The van der Waals surface area contributed by atoms with E-state index in [1.165, 1.54) is 47.9 Å². The Balaban J connectivity index is 1.41. The number of pyridine rings is 2. The van der Waals surface area contributed by atoms with Gasteiger partial charge >= 0.3 is 0 Å². The lowest BCUT2D eigenvalue weighted by molar-refractivity contribution is 0.648. The van der Waals surface area contributed by atoms with Crippen LogP contribution in [0.3, 0.4) is 0 Å². The Morgan fingerprint density at radius 3 is 2.24 bits per heavy atom. The maximum absolute atomic E-state index is 6.51. The average molecular weight is 551 g/mol. The van der Waals surface area contributed by atoms with E-state index in [0.29, 0.717) is 23.5 Å². The molecule has 0 aliphatic heterocycles. The van der Waals surface area contributed by atoms with Crippen LogP contribution in [-0.4, -0.2) is 9.97 Å². The van der Waals surface area contributed by atoms with E-state index in [1.54, 1.807) is 0 Å². The molecule has 1 saturated carbocycles. The fraction of sp³-hybridized carbons (Fsp3) is 0.282. The number of aromatic nitrogens is 2. The third-order valence-corrected chi connectivity index (χ3v) is 9.05. The largest absolute Gasteiger partial charge is 0.437 e. The monoisotopic (exact) mass is 550 g/mol. The van der Waals surface area contributed by atoms with Gasteiger partial charge in [-0.2, -0.15) is 0 Å². The van der Waals surface area contributed by atoms with Crippen molar-refractivity contribution >= 4 is 22.1 Å². The van der Waals surface area contributed by atoms with Crippen molar-refractivity contribution in [2.75, 3.05) is 0 Å². The summed E-state index contributed by atoms with van der Waals surface area (Å²) in [7, 11) is 0. The van der Waals surface area contributed by atoms with Crippen molar-refractivity contribution < 1.29 is 4.42 Å². The molecule has 1 fully saturated rings. The van der Waals surface area contributed by atoms with Crippen LogP contribution < -0.4 is 0 Å². The Labute approximate surface area is 248 Å². The average Bonchev–Trinajstić information content (AvgIpc) is 3.69. The zero-order valence-electron chi connectivity index (χ0n) is 25.0. The summed E-state index contributed by atoms with van der Waals surface area (Å²) >= 11 is 0. The molecule has 3 heteroatoms. The molecule has 0 atom stereocenters. The van der Waals surface area contributed by atoms with Crippen molar-refractivity contribution in [3.05, 3.63) is 108 Å². The highest BCUT2D eigenvalue weighted by atomic mass is 16.3. The highest BCUT2D eigenvalue weighted by molar-refractivity contribution is 6.09. The number of rotatable bonds is 6. The molecular formula is C39H38N2O. The molecular weight excluding hydrogens is 512 g/mol. The Bertz CT molecular complexity index is 1890. The summed E-state index contributed by atoms with van der Waals surface area (Å²) in [5.41, 5.74) is 11.9. The summed E-state index contributed by atoms with van der Waals surface area (Å²) < 4.78 is 6.51. The van der Waals surface area contributed by atoms with Gasteiger partial charge in [0, 0.05) is 39.4 Å². The molecule has 0 bridgehead atoms. The predicted molar refractivity (Wildman–Crippen MR) is 175 cm³/mol. The molecule has 0 unspecified atom stereocenters. The molecule has 3 aromatic heterocycles. The van der Waals surface area contributed by atoms with Gasteiger partial charge in [0.25, 0.3) is 0 Å². The fourth-order valence-corrected chi connectivity index (χ4v) is 6.53. The van der Waals surface area contributed by atoms with Crippen LogP contribution in [0, 0.1) is 0 Å². The minimum atomic E-state index is 0.337. The highest BCUT2D eigenvalue weighted by Crippen LogP contribution is 2.41. The first-order valence-electron chi connectivity index (χ1n) is 15.5. The van der Waals surface area contributed by atoms with E-state index in [0.717, 1.165) is 44.4 Å². The van der Waals surface area contributed by atoms with Gasteiger partial charge in [0.15, 0.2) is 0 Å². The molecule has 3 nitrogen and oxygen atoms in total. The molecule has 3 aromatic carbocycles. The van der Waals surface area contributed by atoms with Crippen molar-refractivity contribution in [3.8, 4) is 33.5 Å². The third kappa shape index (κ3) is 4.81. The molecule has 0 amide bonds. The van der Waals surface area contributed by atoms with Crippen LogP contribution in [0.4, 0.5) is 0 Å². The lowest BCUT2D eigenvalue weighted by Crippen LogP contribution is -1.95. The first-order chi connectivity index (χ1) is 20.5. The van der Waals surface area contributed by atoms with Crippen LogP contribution in [0.2, 0.25) is 0 Å². The van der Waals surface area contributed by atoms with E-state index in [9.17, 15) is 0 Å². The van der Waals surface area contributed by atoms with Crippen molar-refractivity contribution in [3.63, 3.8) is 0 Å². The lowest BCUT2D eigenvalue weighted by Gasteiger charge is -2.15. The minimum absolute atomic E-state index is 0.337. The maximum Gasteiger partial charge on any atom is 0.227 e. The van der Waals surface area contributed by atoms with Crippen LogP contribution in [0.25, 0.3) is 55.6 Å². The van der Waals surface area contributed by atoms with E-state index in [1.807, 2.05) is 6.20 Å². The normalized spacial score (nSPS) is 14.1. The summed E-state index contributed by atoms with van der Waals surface area (Å²) in [6.07, 6.45) is 7.30. The lowest BCUT2D eigenvalue weighted by atomic mass is 9.91. The molecule has 0 N–H and O–H groups in total. The maximum atomic E-state index is 6.51. The Hall–Kier alpha value is -4.24. The smallest absolute Gasteiger partial charge is 0.227 e. The Morgan fingerprint density at radius 1 is 0.690 bits per heavy atom. The molecule has 42 heavy (non-hydrogen) atoms. The topological polar surface area (TPSA) is 38.9 Å². The number of furan rings is 1. The summed E-state index contributed by atoms with van der Waals surface area (Å²) in [6.45, 7) is 8.80. The van der Waals surface area contributed by atoms with E-state index in [-0.39, 0.29) is 0 Å². The minimum Gasteiger partial charge on any atom is -0.437 e. The van der Waals surface area contributed by atoms with Crippen molar-refractivity contribution in [1.82, 2.24) is 9.97 Å². The van der Waals surface area contributed by atoms with E-state index in [2.05, 4.69) is 113 Å². The second kappa shape index (κ2) is 10.9. The van der Waals surface area contributed by atoms with Gasteiger partial charge < -0.3 is 4.42 Å². The first-order valence-corrected chi connectivity index (χ1v) is 15.5. The summed E-state index contributed by atoms with van der Waals surface area (Å²) in [6, 6.07) is 31.0. The molecule has 3 heterocycles. The van der Waals surface area contributed by atoms with Gasteiger partial charge in [-0.25, -0.2) is 4.98 Å². The van der Waals surface area contributed by atoms with Crippen LogP contribution >= 0.6 is 0 Å². The van der Waals surface area contributed by atoms with Gasteiger partial charge in [-0.1, -0.05) is 101 Å².